The topological polar surface area (TPSA) is 111 Å². The number of rotatable bonds is 8. The third kappa shape index (κ3) is 5.88. The summed E-state index contributed by atoms with van der Waals surface area (Å²) in [7, 11) is 0. The first-order valence-corrected chi connectivity index (χ1v) is 10.3. The maximum Gasteiger partial charge on any atom is 0.248 e. The SMILES string of the molecule is CCN(CCC(=O)Nc1ccc(C(N)=O)cc1)C(=O)Cc1cc(Cl)c2c(c1)OCCO2. The molecule has 0 saturated heterocycles. The van der Waals surface area contributed by atoms with Crippen molar-refractivity contribution in [2.24, 2.45) is 5.73 Å². The molecule has 1 aliphatic heterocycles. The van der Waals surface area contributed by atoms with E-state index < -0.39 is 5.91 Å². The number of likely N-dealkylation sites (N-methyl/N-ethyl adjacent to an activating group) is 1. The standard InChI is InChI=1S/C22H24ClN3O5/c1-2-26(8-7-19(27)25-16-5-3-15(4-6-16)22(24)29)20(28)13-14-11-17(23)21-18(12-14)30-9-10-31-21/h3-6,11-12H,2,7-10,13H2,1H3,(H2,24,29)(H,25,27). The number of primary amides is 1. The Labute approximate surface area is 185 Å². The van der Waals surface area contributed by atoms with E-state index in [1.165, 1.54) is 12.1 Å². The van der Waals surface area contributed by atoms with Gasteiger partial charge < -0.3 is 25.4 Å². The zero-order valence-corrected chi connectivity index (χ0v) is 17.9. The quantitative estimate of drug-likeness (QED) is 0.648. The van der Waals surface area contributed by atoms with Crippen molar-refractivity contribution in [1.82, 2.24) is 4.90 Å². The highest BCUT2D eigenvalue weighted by Gasteiger charge is 2.20. The smallest absolute Gasteiger partial charge is 0.248 e. The lowest BCUT2D eigenvalue weighted by Crippen LogP contribution is -2.34. The van der Waals surface area contributed by atoms with Crippen LogP contribution in [0.2, 0.25) is 5.02 Å². The molecule has 0 radical (unpaired) electrons. The third-order valence-corrected chi connectivity index (χ3v) is 5.09. The summed E-state index contributed by atoms with van der Waals surface area (Å²) in [6.45, 7) is 3.47. The van der Waals surface area contributed by atoms with Crippen molar-refractivity contribution < 1.29 is 23.9 Å². The number of halogens is 1. The molecule has 8 nitrogen and oxygen atoms in total. The van der Waals surface area contributed by atoms with Gasteiger partial charge in [0.15, 0.2) is 11.5 Å². The molecule has 2 aromatic rings. The minimum Gasteiger partial charge on any atom is -0.486 e. The number of ether oxygens (including phenoxy) is 2. The number of amides is 3. The maximum absolute atomic E-state index is 12.7. The van der Waals surface area contributed by atoms with E-state index in [0.717, 1.165) is 5.56 Å². The van der Waals surface area contributed by atoms with Crippen molar-refractivity contribution in [2.75, 3.05) is 31.6 Å². The highest BCUT2D eigenvalue weighted by Crippen LogP contribution is 2.38. The van der Waals surface area contributed by atoms with Crippen LogP contribution in [0.25, 0.3) is 0 Å². The molecule has 0 bridgehead atoms. The lowest BCUT2D eigenvalue weighted by atomic mass is 10.1. The van der Waals surface area contributed by atoms with Gasteiger partial charge in [-0.3, -0.25) is 14.4 Å². The van der Waals surface area contributed by atoms with Gasteiger partial charge in [-0.25, -0.2) is 0 Å². The highest BCUT2D eigenvalue weighted by atomic mass is 35.5. The second kappa shape index (κ2) is 10.2. The number of hydrogen-bond donors (Lipinski definition) is 2. The van der Waals surface area contributed by atoms with Gasteiger partial charge in [-0.05, 0) is 48.9 Å². The van der Waals surface area contributed by atoms with Gasteiger partial charge in [0.1, 0.15) is 13.2 Å². The molecule has 3 N–H and O–H groups in total. The van der Waals surface area contributed by atoms with E-state index in [2.05, 4.69) is 5.32 Å². The van der Waals surface area contributed by atoms with Gasteiger partial charge in [-0.2, -0.15) is 0 Å². The molecule has 0 saturated carbocycles. The average Bonchev–Trinajstić information content (AvgIpc) is 2.74. The van der Waals surface area contributed by atoms with Crippen LogP contribution in [0.1, 0.15) is 29.3 Å². The van der Waals surface area contributed by atoms with Crippen LogP contribution in [0, 0.1) is 0 Å². The van der Waals surface area contributed by atoms with Gasteiger partial charge in [0.25, 0.3) is 0 Å². The molecular weight excluding hydrogens is 422 g/mol. The van der Waals surface area contributed by atoms with Crippen molar-refractivity contribution in [3.8, 4) is 11.5 Å². The summed E-state index contributed by atoms with van der Waals surface area (Å²) in [5.74, 6) is 0.145. The first kappa shape index (κ1) is 22.4. The number of nitrogens with zero attached hydrogens (tertiary/aromatic N) is 1. The van der Waals surface area contributed by atoms with Crippen LogP contribution in [0.15, 0.2) is 36.4 Å². The van der Waals surface area contributed by atoms with E-state index in [0.29, 0.717) is 47.5 Å². The van der Waals surface area contributed by atoms with Gasteiger partial charge in [0.2, 0.25) is 17.7 Å². The van der Waals surface area contributed by atoms with Crippen LogP contribution in [-0.2, 0) is 16.0 Å². The number of carbonyl (C=O) groups is 3. The second-order valence-electron chi connectivity index (χ2n) is 6.99. The summed E-state index contributed by atoms with van der Waals surface area (Å²) in [6.07, 6.45) is 0.277. The Kier molecular flexibility index (Phi) is 7.36. The first-order valence-electron chi connectivity index (χ1n) is 9.93. The van der Waals surface area contributed by atoms with Crippen molar-refractivity contribution in [3.05, 3.63) is 52.5 Å². The molecule has 0 atom stereocenters. The average molecular weight is 446 g/mol. The Morgan fingerprint density at radius 3 is 2.52 bits per heavy atom. The minimum absolute atomic E-state index is 0.117. The Morgan fingerprint density at radius 1 is 1.13 bits per heavy atom. The van der Waals surface area contributed by atoms with Crippen molar-refractivity contribution in [3.63, 3.8) is 0 Å². The van der Waals surface area contributed by atoms with Gasteiger partial charge in [0.05, 0.1) is 11.4 Å². The van der Waals surface area contributed by atoms with Crippen LogP contribution in [0.5, 0.6) is 11.5 Å². The second-order valence-corrected chi connectivity index (χ2v) is 7.40. The fourth-order valence-electron chi connectivity index (χ4n) is 3.19. The fourth-order valence-corrected chi connectivity index (χ4v) is 3.48. The van der Waals surface area contributed by atoms with Gasteiger partial charge >= 0.3 is 0 Å². The number of nitrogens with two attached hydrogens (primary N) is 1. The molecule has 1 aliphatic rings. The van der Waals surface area contributed by atoms with Crippen molar-refractivity contribution in [2.45, 2.75) is 19.8 Å². The largest absolute Gasteiger partial charge is 0.486 e. The molecule has 31 heavy (non-hydrogen) atoms. The van der Waals surface area contributed by atoms with Crippen molar-refractivity contribution >= 4 is 35.0 Å². The number of nitrogens with one attached hydrogen (secondary N) is 1. The molecule has 9 heteroatoms. The van der Waals surface area contributed by atoms with E-state index in [1.807, 2.05) is 6.92 Å². The number of anilines is 1. The Bertz CT molecular complexity index is 978. The molecule has 164 valence electrons. The number of hydrogen-bond acceptors (Lipinski definition) is 5. The number of benzene rings is 2. The van der Waals surface area contributed by atoms with E-state index in [-0.39, 0.29) is 31.2 Å². The molecule has 3 amide bonds. The van der Waals surface area contributed by atoms with E-state index in [4.69, 9.17) is 26.8 Å². The summed E-state index contributed by atoms with van der Waals surface area (Å²) < 4.78 is 11.1. The van der Waals surface area contributed by atoms with Gasteiger partial charge in [-0.1, -0.05) is 11.6 Å². The normalized spacial score (nSPS) is 12.2. The summed E-state index contributed by atoms with van der Waals surface area (Å²) in [4.78, 5) is 37.7. The van der Waals surface area contributed by atoms with E-state index in [9.17, 15) is 14.4 Å². The maximum atomic E-state index is 12.7. The number of carbonyl (C=O) groups excluding carboxylic acids is 3. The predicted octanol–water partition coefficient (Wildman–Crippen LogP) is 2.63. The summed E-state index contributed by atoms with van der Waals surface area (Å²) >= 11 is 6.24. The first-order chi connectivity index (χ1) is 14.9. The molecule has 2 aromatic carbocycles. The fraction of sp³-hybridized carbons (Fsp3) is 0.318. The molecule has 0 unspecified atom stereocenters. The summed E-state index contributed by atoms with van der Waals surface area (Å²) in [5, 5.41) is 3.15. The molecule has 0 fully saturated rings. The highest BCUT2D eigenvalue weighted by molar-refractivity contribution is 6.32. The van der Waals surface area contributed by atoms with E-state index >= 15 is 0 Å². The lowest BCUT2D eigenvalue weighted by molar-refractivity contribution is -0.130. The third-order valence-electron chi connectivity index (χ3n) is 4.81. The molecule has 1 heterocycles. The van der Waals surface area contributed by atoms with Gasteiger partial charge in [-0.15, -0.1) is 0 Å². The summed E-state index contributed by atoms with van der Waals surface area (Å²) in [6, 6.07) is 9.74. The van der Waals surface area contributed by atoms with Crippen LogP contribution in [-0.4, -0.2) is 48.9 Å². The molecule has 0 spiro atoms. The molecule has 3 rings (SSSR count). The van der Waals surface area contributed by atoms with Gasteiger partial charge in [0, 0.05) is 30.8 Å². The Morgan fingerprint density at radius 2 is 1.84 bits per heavy atom. The zero-order valence-electron chi connectivity index (χ0n) is 17.2. The molecule has 0 aliphatic carbocycles. The lowest BCUT2D eigenvalue weighted by Gasteiger charge is -2.22. The van der Waals surface area contributed by atoms with Crippen LogP contribution in [0.4, 0.5) is 5.69 Å². The zero-order chi connectivity index (χ0) is 22.4. The Hall–Kier alpha value is -3.26. The summed E-state index contributed by atoms with van der Waals surface area (Å²) in [5.41, 5.74) is 6.83. The van der Waals surface area contributed by atoms with Crippen LogP contribution in [0.3, 0.4) is 0 Å². The van der Waals surface area contributed by atoms with Crippen LogP contribution >= 0.6 is 11.6 Å². The molecule has 0 aromatic heterocycles. The van der Waals surface area contributed by atoms with Crippen molar-refractivity contribution in [1.29, 1.82) is 0 Å². The van der Waals surface area contributed by atoms with E-state index in [1.54, 1.807) is 29.2 Å². The van der Waals surface area contributed by atoms with Crippen LogP contribution < -0.4 is 20.5 Å². The minimum atomic E-state index is -0.533. The monoisotopic (exact) mass is 445 g/mol. The Balaban J connectivity index is 1.54. The number of fused-ring (bicyclic) bond motifs is 1. The molecular formula is C22H24ClN3O5. The predicted molar refractivity (Wildman–Crippen MR) is 117 cm³/mol.